The van der Waals surface area contributed by atoms with Crippen molar-refractivity contribution in [1.29, 1.82) is 0 Å². The molecule has 1 aromatic heterocycles. The first kappa shape index (κ1) is 18.1. The van der Waals surface area contributed by atoms with E-state index in [0.717, 1.165) is 11.3 Å². The standard InChI is InChI=1S/C18H29NO3Si/c1-7-21-17(20)14-11-13-9-8-10-19-16(13)15(12-14)22-23(5,6)18(2,3)4/h8-10,14-15H,7,11-12H2,1-6H3/t14?,15-/m1/s1. The van der Waals surface area contributed by atoms with Crippen molar-refractivity contribution >= 4 is 14.3 Å². The number of fused-ring (bicyclic) bond motifs is 1. The average molecular weight is 336 g/mol. The summed E-state index contributed by atoms with van der Waals surface area (Å²) >= 11 is 0. The second-order valence-electron chi connectivity index (χ2n) is 7.80. The van der Waals surface area contributed by atoms with E-state index < -0.39 is 8.32 Å². The fraction of sp³-hybridized carbons (Fsp3) is 0.667. The molecule has 0 aromatic carbocycles. The minimum atomic E-state index is -1.94. The monoisotopic (exact) mass is 335 g/mol. The minimum Gasteiger partial charge on any atom is -0.466 e. The van der Waals surface area contributed by atoms with Gasteiger partial charge in [0.15, 0.2) is 8.32 Å². The Morgan fingerprint density at radius 2 is 2.09 bits per heavy atom. The van der Waals surface area contributed by atoms with Crippen molar-refractivity contribution in [1.82, 2.24) is 4.98 Å². The van der Waals surface area contributed by atoms with E-state index in [9.17, 15) is 4.79 Å². The molecular weight excluding hydrogens is 306 g/mol. The van der Waals surface area contributed by atoms with Gasteiger partial charge in [-0.1, -0.05) is 26.8 Å². The highest BCUT2D eigenvalue weighted by Gasteiger charge is 2.42. The molecule has 0 spiro atoms. The third-order valence-corrected chi connectivity index (χ3v) is 9.55. The number of carbonyl (C=O) groups excluding carboxylic acids is 1. The Kier molecular flexibility index (Phi) is 5.31. The van der Waals surface area contributed by atoms with E-state index in [4.69, 9.17) is 9.16 Å². The normalized spacial score (nSPS) is 21.7. The van der Waals surface area contributed by atoms with Gasteiger partial charge in [-0.15, -0.1) is 0 Å². The highest BCUT2D eigenvalue weighted by atomic mass is 28.4. The molecule has 0 amide bonds. The summed E-state index contributed by atoms with van der Waals surface area (Å²) in [4.78, 5) is 16.8. The van der Waals surface area contributed by atoms with Crippen molar-refractivity contribution in [3.8, 4) is 0 Å². The summed E-state index contributed by atoms with van der Waals surface area (Å²) in [5.41, 5.74) is 2.11. The number of nitrogens with zero attached hydrogens (tertiary/aromatic N) is 1. The van der Waals surface area contributed by atoms with Crippen LogP contribution in [0, 0.1) is 5.92 Å². The lowest BCUT2D eigenvalue weighted by Gasteiger charge is -2.41. The lowest BCUT2D eigenvalue weighted by atomic mass is 9.85. The Balaban J connectivity index is 2.28. The van der Waals surface area contributed by atoms with Crippen molar-refractivity contribution in [2.75, 3.05) is 6.61 Å². The number of rotatable bonds is 4. The van der Waals surface area contributed by atoms with Gasteiger partial charge in [-0.05, 0) is 49.5 Å². The Morgan fingerprint density at radius 3 is 2.70 bits per heavy atom. The molecule has 23 heavy (non-hydrogen) atoms. The number of hydrogen-bond donors (Lipinski definition) is 0. The van der Waals surface area contributed by atoms with Crippen molar-refractivity contribution in [3.63, 3.8) is 0 Å². The SMILES string of the molecule is CCOC(=O)C1Cc2cccnc2[C@H](O[Si](C)(C)C(C)(C)C)C1. The second kappa shape index (κ2) is 6.73. The van der Waals surface area contributed by atoms with Crippen LogP contribution in [0.4, 0.5) is 0 Å². The molecule has 0 N–H and O–H groups in total. The number of pyridine rings is 1. The summed E-state index contributed by atoms with van der Waals surface area (Å²) < 4.78 is 11.8. The molecule has 1 aliphatic rings. The first-order valence-electron chi connectivity index (χ1n) is 8.44. The summed E-state index contributed by atoms with van der Waals surface area (Å²) in [6.45, 7) is 13.4. The zero-order chi connectivity index (χ0) is 17.3. The number of ether oxygens (including phenoxy) is 1. The van der Waals surface area contributed by atoms with Crippen LogP contribution in [0.5, 0.6) is 0 Å². The maximum atomic E-state index is 12.2. The Hall–Kier alpha value is -1.20. The molecular formula is C18H29NO3Si. The molecule has 2 rings (SSSR count). The Labute approximate surface area is 140 Å². The topological polar surface area (TPSA) is 48.4 Å². The lowest BCUT2D eigenvalue weighted by Crippen LogP contribution is -2.43. The van der Waals surface area contributed by atoms with Gasteiger partial charge in [0, 0.05) is 6.20 Å². The summed E-state index contributed by atoms with van der Waals surface area (Å²) in [5.74, 6) is -0.257. The van der Waals surface area contributed by atoms with Gasteiger partial charge in [0.25, 0.3) is 0 Å². The summed E-state index contributed by atoms with van der Waals surface area (Å²) in [6.07, 6.45) is 3.05. The molecule has 0 saturated heterocycles. The predicted octanol–water partition coefficient (Wildman–Crippen LogP) is 4.27. The summed E-state index contributed by atoms with van der Waals surface area (Å²) in [7, 11) is -1.94. The van der Waals surface area contributed by atoms with Crippen molar-refractivity contribution < 1.29 is 14.0 Å². The molecule has 2 atom stereocenters. The van der Waals surface area contributed by atoms with Gasteiger partial charge in [-0.3, -0.25) is 9.78 Å². The maximum absolute atomic E-state index is 12.2. The smallest absolute Gasteiger partial charge is 0.309 e. The van der Waals surface area contributed by atoms with Crippen LogP contribution in [0.1, 0.15) is 51.5 Å². The van der Waals surface area contributed by atoms with E-state index in [1.807, 2.05) is 19.2 Å². The van der Waals surface area contributed by atoms with Crippen molar-refractivity contribution in [2.45, 2.75) is 64.8 Å². The molecule has 0 aliphatic heterocycles. The van der Waals surface area contributed by atoms with Crippen LogP contribution < -0.4 is 0 Å². The number of aromatic nitrogens is 1. The van der Waals surface area contributed by atoms with Gasteiger partial charge in [0.1, 0.15) is 0 Å². The van der Waals surface area contributed by atoms with E-state index in [1.165, 1.54) is 0 Å². The number of esters is 1. The van der Waals surface area contributed by atoms with E-state index in [2.05, 4.69) is 44.9 Å². The van der Waals surface area contributed by atoms with Gasteiger partial charge < -0.3 is 9.16 Å². The minimum absolute atomic E-state index is 0.116. The van der Waals surface area contributed by atoms with E-state index >= 15 is 0 Å². The fourth-order valence-corrected chi connectivity index (χ4v) is 3.98. The first-order valence-corrected chi connectivity index (χ1v) is 11.3. The maximum Gasteiger partial charge on any atom is 0.309 e. The Morgan fingerprint density at radius 1 is 1.39 bits per heavy atom. The van der Waals surface area contributed by atoms with Gasteiger partial charge in [0.2, 0.25) is 0 Å². The van der Waals surface area contributed by atoms with Crippen LogP contribution in [0.3, 0.4) is 0 Å². The third kappa shape index (κ3) is 4.01. The first-order chi connectivity index (χ1) is 10.7. The van der Waals surface area contributed by atoms with E-state index in [-0.39, 0.29) is 23.0 Å². The largest absolute Gasteiger partial charge is 0.466 e. The van der Waals surface area contributed by atoms with Gasteiger partial charge in [-0.25, -0.2) is 0 Å². The third-order valence-electron chi connectivity index (χ3n) is 5.06. The highest BCUT2D eigenvalue weighted by Crippen LogP contribution is 2.43. The van der Waals surface area contributed by atoms with E-state index in [1.54, 1.807) is 0 Å². The molecule has 4 nitrogen and oxygen atoms in total. The number of hydrogen-bond acceptors (Lipinski definition) is 4. The van der Waals surface area contributed by atoms with Crippen LogP contribution >= 0.6 is 0 Å². The van der Waals surface area contributed by atoms with Crippen LogP contribution in [0.2, 0.25) is 18.1 Å². The molecule has 1 aliphatic carbocycles. The van der Waals surface area contributed by atoms with Crippen LogP contribution in [-0.2, 0) is 20.4 Å². The van der Waals surface area contributed by atoms with Crippen molar-refractivity contribution in [2.24, 2.45) is 5.92 Å². The molecule has 0 fully saturated rings. The van der Waals surface area contributed by atoms with Crippen molar-refractivity contribution in [3.05, 3.63) is 29.6 Å². The average Bonchev–Trinajstić information content (AvgIpc) is 2.46. The van der Waals surface area contributed by atoms with E-state index in [0.29, 0.717) is 19.4 Å². The molecule has 5 heteroatoms. The zero-order valence-corrected chi connectivity index (χ0v) is 16.2. The zero-order valence-electron chi connectivity index (χ0n) is 15.2. The molecule has 0 bridgehead atoms. The quantitative estimate of drug-likeness (QED) is 0.609. The van der Waals surface area contributed by atoms with Crippen LogP contribution in [0.25, 0.3) is 0 Å². The van der Waals surface area contributed by atoms with Crippen LogP contribution in [-0.4, -0.2) is 25.9 Å². The highest BCUT2D eigenvalue weighted by molar-refractivity contribution is 6.74. The Bertz CT molecular complexity index is 566. The molecule has 0 radical (unpaired) electrons. The molecule has 128 valence electrons. The summed E-state index contributed by atoms with van der Waals surface area (Å²) in [5, 5.41) is 0.124. The molecule has 0 saturated carbocycles. The fourth-order valence-electron chi connectivity index (χ4n) is 2.71. The summed E-state index contributed by atoms with van der Waals surface area (Å²) in [6, 6.07) is 3.98. The van der Waals surface area contributed by atoms with Gasteiger partial charge in [0.05, 0.1) is 24.3 Å². The second-order valence-corrected chi connectivity index (χ2v) is 12.6. The predicted molar refractivity (Wildman–Crippen MR) is 93.7 cm³/mol. The van der Waals surface area contributed by atoms with Gasteiger partial charge in [-0.2, -0.15) is 0 Å². The van der Waals surface area contributed by atoms with Crippen LogP contribution in [0.15, 0.2) is 18.3 Å². The molecule has 1 unspecified atom stereocenters. The lowest BCUT2D eigenvalue weighted by molar-refractivity contribution is -0.149. The van der Waals surface area contributed by atoms with Gasteiger partial charge >= 0.3 is 5.97 Å². The molecule has 1 aromatic rings. The number of carbonyl (C=O) groups is 1. The molecule has 1 heterocycles.